The van der Waals surface area contributed by atoms with Crippen molar-refractivity contribution in [1.82, 2.24) is 9.80 Å². The van der Waals surface area contributed by atoms with Gasteiger partial charge in [-0.05, 0) is 49.3 Å². The molecule has 5 heteroatoms. The zero-order valence-electron chi connectivity index (χ0n) is 22.0. The molecule has 5 nitrogen and oxygen atoms in total. The molecule has 2 amide bonds. The van der Waals surface area contributed by atoms with Crippen LogP contribution < -0.4 is 4.90 Å². The van der Waals surface area contributed by atoms with Crippen molar-refractivity contribution in [2.75, 3.05) is 24.5 Å². The van der Waals surface area contributed by atoms with Gasteiger partial charge in [-0.2, -0.15) is 0 Å². The molecule has 0 aliphatic carbocycles. The number of hydrogen-bond acceptors (Lipinski definition) is 3. The van der Waals surface area contributed by atoms with Crippen LogP contribution in [-0.4, -0.2) is 59.4 Å². The molecule has 4 rings (SSSR count). The molecule has 2 aromatic rings. The topological polar surface area (TPSA) is 43.9 Å². The molecule has 2 aliphatic rings. The van der Waals surface area contributed by atoms with E-state index in [1.165, 1.54) is 5.56 Å². The van der Waals surface area contributed by atoms with E-state index in [0.717, 1.165) is 30.8 Å². The van der Waals surface area contributed by atoms with E-state index in [1.807, 2.05) is 28.0 Å². The summed E-state index contributed by atoms with van der Waals surface area (Å²) >= 11 is 0. The Labute approximate surface area is 211 Å². The van der Waals surface area contributed by atoms with Gasteiger partial charge in [0.2, 0.25) is 11.8 Å². The van der Waals surface area contributed by atoms with Crippen LogP contribution in [-0.2, 0) is 16.0 Å². The maximum atomic E-state index is 14.2. The first-order valence-electron chi connectivity index (χ1n) is 13.2. The number of nitrogens with zero attached hydrogens (tertiary/aromatic N) is 3. The van der Waals surface area contributed by atoms with Crippen LogP contribution in [0.1, 0.15) is 51.7 Å². The summed E-state index contributed by atoms with van der Waals surface area (Å²) in [4.78, 5) is 34.2. The Morgan fingerprint density at radius 3 is 2.14 bits per heavy atom. The van der Waals surface area contributed by atoms with Crippen LogP contribution in [0.15, 0.2) is 54.6 Å². The Bertz CT molecular complexity index is 1000. The minimum Gasteiger partial charge on any atom is -0.357 e. The van der Waals surface area contributed by atoms with Gasteiger partial charge >= 0.3 is 0 Å². The lowest BCUT2D eigenvalue weighted by molar-refractivity contribution is -0.159. The molecule has 0 unspecified atom stereocenters. The lowest BCUT2D eigenvalue weighted by Gasteiger charge is -2.54. The van der Waals surface area contributed by atoms with Crippen LogP contribution in [0.3, 0.4) is 0 Å². The average Bonchev–Trinajstić information content (AvgIpc) is 2.82. The van der Waals surface area contributed by atoms with Gasteiger partial charge in [-0.1, -0.05) is 75.7 Å². The van der Waals surface area contributed by atoms with E-state index in [1.54, 1.807) is 0 Å². The van der Waals surface area contributed by atoms with Gasteiger partial charge in [0.25, 0.3) is 0 Å². The van der Waals surface area contributed by atoms with E-state index in [-0.39, 0.29) is 29.9 Å². The van der Waals surface area contributed by atoms with Crippen LogP contribution >= 0.6 is 0 Å². The standard InChI is InChI=1S/C30H41N3O2/c1-21(2)15-16-31-19-26-20-32(25-13-11-23(5)12-14-25)27(18-24-9-7-6-8-10-24)30(35)33(26)28(29(31)34)17-22(3)4/h6-14,21-22,26-28H,15-20H2,1-5H3/t26-,27+,28+/m1/s1. The summed E-state index contributed by atoms with van der Waals surface area (Å²) in [6.07, 6.45) is 2.33. The number of fused-ring (bicyclic) bond motifs is 1. The predicted octanol–water partition coefficient (Wildman–Crippen LogP) is 4.93. The normalized spacial score (nSPS) is 22.8. The summed E-state index contributed by atoms with van der Waals surface area (Å²) in [7, 11) is 0. The number of hydrogen-bond donors (Lipinski definition) is 0. The van der Waals surface area contributed by atoms with Crippen molar-refractivity contribution in [3.8, 4) is 0 Å². The first kappa shape index (κ1) is 25.3. The van der Waals surface area contributed by atoms with Gasteiger partial charge < -0.3 is 14.7 Å². The zero-order valence-corrected chi connectivity index (χ0v) is 22.0. The molecule has 188 valence electrons. The highest BCUT2D eigenvalue weighted by molar-refractivity contribution is 5.94. The van der Waals surface area contributed by atoms with Crippen molar-refractivity contribution in [2.45, 2.75) is 72.0 Å². The van der Waals surface area contributed by atoms with Crippen molar-refractivity contribution in [1.29, 1.82) is 0 Å². The number of benzene rings is 2. The number of rotatable bonds is 8. The molecule has 2 aliphatic heterocycles. The molecule has 2 saturated heterocycles. The van der Waals surface area contributed by atoms with E-state index < -0.39 is 0 Å². The van der Waals surface area contributed by atoms with Gasteiger partial charge in [0.1, 0.15) is 12.1 Å². The Hall–Kier alpha value is -2.82. The predicted molar refractivity (Wildman–Crippen MR) is 142 cm³/mol. The second-order valence-corrected chi connectivity index (χ2v) is 11.2. The SMILES string of the molecule is Cc1ccc(N2C[C@H]3CN(CCC(C)C)C(=O)[C@H](CC(C)C)N3C(=O)[C@@H]2Cc2ccccc2)cc1. The summed E-state index contributed by atoms with van der Waals surface area (Å²) in [5.41, 5.74) is 3.43. The lowest BCUT2D eigenvalue weighted by atomic mass is 9.90. The second kappa shape index (κ2) is 10.8. The number of amides is 2. The van der Waals surface area contributed by atoms with Crippen LogP contribution in [0.5, 0.6) is 0 Å². The maximum Gasteiger partial charge on any atom is 0.246 e. The van der Waals surface area contributed by atoms with Gasteiger partial charge in [0.15, 0.2) is 0 Å². The number of piperazine rings is 2. The monoisotopic (exact) mass is 475 g/mol. The lowest BCUT2D eigenvalue weighted by Crippen LogP contribution is -2.72. The minimum atomic E-state index is -0.369. The summed E-state index contributed by atoms with van der Waals surface area (Å²) in [5, 5.41) is 0. The molecule has 35 heavy (non-hydrogen) atoms. The fourth-order valence-corrected chi connectivity index (χ4v) is 5.49. The van der Waals surface area contributed by atoms with Crippen LogP contribution in [0.4, 0.5) is 5.69 Å². The van der Waals surface area contributed by atoms with E-state index in [4.69, 9.17) is 0 Å². The molecule has 3 atom stereocenters. The Balaban J connectivity index is 1.70. The summed E-state index contributed by atoms with van der Waals surface area (Å²) in [6.45, 7) is 12.9. The quantitative estimate of drug-likeness (QED) is 0.544. The highest BCUT2D eigenvalue weighted by atomic mass is 16.2. The molecule has 0 N–H and O–H groups in total. The molecule has 0 aromatic heterocycles. The van der Waals surface area contributed by atoms with E-state index in [2.05, 4.69) is 75.9 Å². The van der Waals surface area contributed by atoms with Crippen molar-refractivity contribution >= 4 is 17.5 Å². The van der Waals surface area contributed by atoms with Crippen LogP contribution in [0.2, 0.25) is 0 Å². The van der Waals surface area contributed by atoms with Crippen LogP contribution in [0.25, 0.3) is 0 Å². The van der Waals surface area contributed by atoms with Gasteiger partial charge in [-0.25, -0.2) is 0 Å². The third-order valence-corrected chi connectivity index (χ3v) is 7.39. The summed E-state index contributed by atoms with van der Waals surface area (Å²) < 4.78 is 0. The number of anilines is 1. The van der Waals surface area contributed by atoms with Crippen LogP contribution in [0, 0.1) is 18.8 Å². The maximum absolute atomic E-state index is 14.2. The fourth-order valence-electron chi connectivity index (χ4n) is 5.49. The van der Waals surface area contributed by atoms with Gasteiger partial charge in [-0.15, -0.1) is 0 Å². The van der Waals surface area contributed by atoms with Gasteiger partial charge in [0, 0.05) is 31.7 Å². The molecule has 0 radical (unpaired) electrons. The molecular weight excluding hydrogens is 434 g/mol. The molecule has 0 spiro atoms. The largest absolute Gasteiger partial charge is 0.357 e. The van der Waals surface area contributed by atoms with E-state index in [0.29, 0.717) is 31.2 Å². The number of carbonyl (C=O) groups excluding carboxylic acids is 2. The average molecular weight is 476 g/mol. The summed E-state index contributed by atoms with van der Waals surface area (Å²) in [6, 6.07) is 18.1. The third-order valence-electron chi connectivity index (χ3n) is 7.39. The zero-order chi connectivity index (χ0) is 25.1. The first-order chi connectivity index (χ1) is 16.7. The second-order valence-electron chi connectivity index (χ2n) is 11.2. The number of aryl methyl sites for hydroxylation is 1. The molecule has 2 aromatic carbocycles. The Morgan fingerprint density at radius 1 is 0.829 bits per heavy atom. The number of carbonyl (C=O) groups is 2. The summed E-state index contributed by atoms with van der Waals surface area (Å²) in [5.74, 6) is 1.10. The van der Waals surface area contributed by atoms with Crippen molar-refractivity contribution < 1.29 is 9.59 Å². The van der Waals surface area contributed by atoms with Crippen molar-refractivity contribution in [3.63, 3.8) is 0 Å². The Kier molecular flexibility index (Phi) is 7.83. The highest BCUT2D eigenvalue weighted by Crippen LogP contribution is 2.33. The molecule has 2 heterocycles. The molecular formula is C30H41N3O2. The third kappa shape index (κ3) is 5.71. The van der Waals surface area contributed by atoms with Crippen molar-refractivity contribution in [2.24, 2.45) is 11.8 Å². The molecule has 2 fully saturated rings. The van der Waals surface area contributed by atoms with E-state index in [9.17, 15) is 9.59 Å². The molecule has 0 bridgehead atoms. The Morgan fingerprint density at radius 2 is 1.51 bits per heavy atom. The van der Waals surface area contributed by atoms with Gasteiger partial charge in [0.05, 0.1) is 6.04 Å². The highest BCUT2D eigenvalue weighted by Gasteiger charge is 2.49. The first-order valence-corrected chi connectivity index (χ1v) is 13.2. The fraction of sp³-hybridized carbons (Fsp3) is 0.533. The minimum absolute atomic E-state index is 0.00411. The molecule has 0 saturated carbocycles. The van der Waals surface area contributed by atoms with Crippen molar-refractivity contribution in [3.05, 3.63) is 65.7 Å². The van der Waals surface area contributed by atoms with E-state index >= 15 is 0 Å². The van der Waals surface area contributed by atoms with Gasteiger partial charge in [-0.3, -0.25) is 9.59 Å². The smallest absolute Gasteiger partial charge is 0.246 e.